The van der Waals surface area contributed by atoms with Crippen LogP contribution < -0.4 is 11.1 Å². The summed E-state index contributed by atoms with van der Waals surface area (Å²) in [4.78, 5) is 0.981. The Labute approximate surface area is 188 Å². The molecule has 0 aromatic heterocycles. The molecule has 0 amide bonds. The number of benzene rings is 1. The number of likely N-dealkylation sites (N-methyl/N-ethyl adjacent to an activating group) is 1. The van der Waals surface area contributed by atoms with E-state index in [0.29, 0.717) is 5.70 Å². The number of nitrogens with one attached hydrogen (secondary N) is 1. The van der Waals surface area contributed by atoms with E-state index in [4.69, 9.17) is 18.0 Å². The highest BCUT2D eigenvalue weighted by Crippen LogP contribution is 2.22. The number of hydrogen-bond donors (Lipinski definition) is 2. The highest BCUT2D eigenvalue weighted by atomic mass is 32.2. The van der Waals surface area contributed by atoms with Crippen molar-refractivity contribution in [3.05, 3.63) is 102 Å². The van der Waals surface area contributed by atoms with Crippen molar-refractivity contribution in [2.24, 2.45) is 5.73 Å². The van der Waals surface area contributed by atoms with Crippen LogP contribution in [0.2, 0.25) is 0 Å². The predicted molar refractivity (Wildman–Crippen MR) is 141 cm³/mol. The second-order valence-corrected chi connectivity index (χ2v) is 7.54. The fraction of sp³-hybridized carbons (Fsp3) is 0.240. The van der Waals surface area contributed by atoms with E-state index in [1.165, 1.54) is 29.3 Å². The zero-order valence-electron chi connectivity index (χ0n) is 18.5. The largest absolute Gasteiger partial charge is 0.403 e. The van der Waals surface area contributed by atoms with Crippen molar-refractivity contribution in [3.8, 4) is 0 Å². The smallest absolute Gasteiger partial charge is 0.0406 e. The molecule has 1 aromatic rings. The molecule has 29 heavy (non-hydrogen) atoms. The van der Waals surface area contributed by atoms with Gasteiger partial charge >= 0.3 is 0 Å². The molecule has 0 saturated heterocycles. The van der Waals surface area contributed by atoms with Crippen molar-refractivity contribution in [2.45, 2.75) is 34.1 Å². The molecule has 0 fully saturated rings. The Bertz CT molecular complexity index is 722. The van der Waals surface area contributed by atoms with Crippen molar-refractivity contribution in [2.75, 3.05) is 7.05 Å². The first-order valence-corrected chi connectivity index (χ1v) is 10.8. The standard InChI is InChI=1S/C19H21NS2.C3H7N.C3H8/c1-5-17(13-19(22-14-21)16(3)20-4)12-11-15(2)18-9-7-6-8-10-18;1-3(2)4;1-3-2/h5-14,20H,1,3H2,2,4H3;1,4H2,2H3;3H2,1-2H3/b15-11+,17-12+,19-13+;;. The second kappa shape index (κ2) is 19.0. The van der Waals surface area contributed by atoms with Gasteiger partial charge in [0.2, 0.25) is 0 Å². The molecule has 0 aliphatic carbocycles. The topological polar surface area (TPSA) is 38.0 Å². The van der Waals surface area contributed by atoms with E-state index in [1.807, 2.05) is 43.5 Å². The Morgan fingerprint density at radius 2 is 1.66 bits per heavy atom. The summed E-state index contributed by atoms with van der Waals surface area (Å²) in [6, 6.07) is 10.3. The molecule has 0 radical (unpaired) electrons. The van der Waals surface area contributed by atoms with Gasteiger partial charge in [-0.15, -0.1) is 0 Å². The van der Waals surface area contributed by atoms with Crippen LogP contribution in [0.5, 0.6) is 0 Å². The number of nitrogens with two attached hydrogens (primary N) is 1. The van der Waals surface area contributed by atoms with Gasteiger partial charge in [-0.1, -0.05) is 113 Å². The SMILES string of the molecule is C=C(C)N.C=CC(=C\C=C(/C)c1ccccc1)/C=C(/SC=S)C(=C)NC.CCC. The summed E-state index contributed by atoms with van der Waals surface area (Å²) < 4.78 is 1.63. The minimum Gasteiger partial charge on any atom is -0.403 e. The molecule has 0 spiro atoms. The number of hydrogen-bond acceptors (Lipinski definition) is 4. The number of thioether (sulfide) groups is 1. The van der Waals surface area contributed by atoms with Crippen LogP contribution in [0.3, 0.4) is 0 Å². The summed E-state index contributed by atoms with van der Waals surface area (Å²) in [6.45, 7) is 19.3. The lowest BCUT2D eigenvalue weighted by molar-refractivity contribution is 1.03. The molecule has 1 aromatic carbocycles. The van der Waals surface area contributed by atoms with Crippen LogP contribution in [0.1, 0.15) is 39.7 Å². The molecule has 3 N–H and O–H groups in total. The quantitative estimate of drug-likeness (QED) is 0.334. The summed E-state index contributed by atoms with van der Waals surface area (Å²) >= 11 is 6.39. The lowest BCUT2D eigenvalue weighted by Crippen LogP contribution is -2.05. The zero-order valence-corrected chi connectivity index (χ0v) is 20.1. The minimum atomic E-state index is 0.667. The molecule has 0 saturated carbocycles. The van der Waals surface area contributed by atoms with Crippen LogP contribution in [0.15, 0.2) is 96.2 Å². The van der Waals surface area contributed by atoms with Gasteiger partial charge in [0.05, 0.1) is 0 Å². The lowest BCUT2D eigenvalue weighted by Gasteiger charge is -2.07. The molecule has 0 bridgehead atoms. The molecule has 0 heterocycles. The summed E-state index contributed by atoms with van der Waals surface area (Å²) in [7, 11) is 1.84. The summed E-state index contributed by atoms with van der Waals surface area (Å²) in [6.07, 6.45) is 9.22. The van der Waals surface area contributed by atoms with Gasteiger partial charge in [0.15, 0.2) is 0 Å². The third kappa shape index (κ3) is 16.4. The maximum absolute atomic E-state index is 4.93. The molecule has 158 valence electrons. The zero-order chi connectivity index (χ0) is 22.7. The monoisotopic (exact) mass is 428 g/mol. The summed E-state index contributed by atoms with van der Waals surface area (Å²) in [5, 5.41) is 3.04. The van der Waals surface area contributed by atoms with Crippen molar-refractivity contribution in [3.63, 3.8) is 0 Å². The van der Waals surface area contributed by atoms with Crippen LogP contribution in [0, 0.1) is 0 Å². The van der Waals surface area contributed by atoms with E-state index in [1.54, 1.807) is 11.6 Å². The first-order chi connectivity index (χ1) is 13.8. The van der Waals surface area contributed by atoms with Gasteiger partial charge in [0, 0.05) is 22.3 Å². The van der Waals surface area contributed by atoms with Gasteiger partial charge < -0.3 is 11.1 Å². The number of allylic oxidation sites excluding steroid dienone is 7. The maximum Gasteiger partial charge on any atom is 0.0406 e. The van der Waals surface area contributed by atoms with Crippen molar-refractivity contribution in [1.29, 1.82) is 0 Å². The van der Waals surface area contributed by atoms with E-state index in [0.717, 1.165) is 16.2 Å². The predicted octanol–water partition coefficient (Wildman–Crippen LogP) is 7.40. The minimum absolute atomic E-state index is 0.667. The molecule has 2 nitrogen and oxygen atoms in total. The Morgan fingerprint density at radius 1 is 1.14 bits per heavy atom. The molecule has 4 heteroatoms. The molecular weight excluding hydrogens is 392 g/mol. The van der Waals surface area contributed by atoms with Crippen molar-refractivity contribution >= 4 is 34.3 Å². The van der Waals surface area contributed by atoms with Crippen LogP contribution in [-0.4, -0.2) is 11.7 Å². The van der Waals surface area contributed by atoms with Gasteiger partial charge in [-0.05, 0) is 42.3 Å². The van der Waals surface area contributed by atoms with Crippen LogP contribution in [0.25, 0.3) is 5.57 Å². The first kappa shape index (κ1) is 28.9. The van der Waals surface area contributed by atoms with Gasteiger partial charge in [-0.2, -0.15) is 0 Å². The van der Waals surface area contributed by atoms with Crippen LogP contribution in [-0.2, 0) is 0 Å². The summed E-state index contributed by atoms with van der Waals surface area (Å²) in [5.41, 5.74) is 9.83. The Kier molecular flexibility index (Phi) is 19.0. The summed E-state index contributed by atoms with van der Waals surface area (Å²) in [5.74, 6) is 0. The molecule has 1 rings (SSSR count). The fourth-order valence-electron chi connectivity index (χ4n) is 1.71. The average molecular weight is 429 g/mol. The Morgan fingerprint density at radius 3 is 2.07 bits per heavy atom. The van der Waals surface area contributed by atoms with Gasteiger partial charge in [-0.25, -0.2) is 0 Å². The fourth-order valence-corrected chi connectivity index (χ4v) is 2.58. The van der Waals surface area contributed by atoms with Crippen molar-refractivity contribution < 1.29 is 0 Å². The van der Waals surface area contributed by atoms with Gasteiger partial charge in [0.1, 0.15) is 0 Å². The highest BCUT2D eigenvalue weighted by Gasteiger charge is 2.01. The molecule has 0 aliphatic rings. The molecule has 0 unspecified atom stereocenters. The third-order valence-electron chi connectivity index (χ3n) is 3.06. The third-order valence-corrected chi connectivity index (χ3v) is 4.07. The van der Waals surface area contributed by atoms with Crippen LogP contribution >= 0.6 is 24.0 Å². The molecule has 0 atom stereocenters. The average Bonchev–Trinajstić information content (AvgIpc) is 2.70. The maximum atomic E-state index is 4.93. The normalized spacial score (nSPS) is 11.1. The van der Waals surface area contributed by atoms with E-state index in [-0.39, 0.29) is 0 Å². The highest BCUT2D eigenvalue weighted by molar-refractivity contribution is 8.23. The molecule has 0 aliphatic heterocycles. The first-order valence-electron chi connectivity index (χ1n) is 9.43. The van der Waals surface area contributed by atoms with E-state index in [2.05, 4.69) is 64.0 Å². The lowest BCUT2D eigenvalue weighted by atomic mass is 10.1. The van der Waals surface area contributed by atoms with E-state index < -0.39 is 0 Å². The van der Waals surface area contributed by atoms with E-state index in [9.17, 15) is 0 Å². The second-order valence-electron chi connectivity index (χ2n) is 6.09. The van der Waals surface area contributed by atoms with Crippen molar-refractivity contribution in [1.82, 2.24) is 5.32 Å². The van der Waals surface area contributed by atoms with Gasteiger partial charge in [0.25, 0.3) is 0 Å². The molecular formula is C25H36N2S2. The van der Waals surface area contributed by atoms with E-state index >= 15 is 0 Å². The van der Waals surface area contributed by atoms with Crippen LogP contribution in [0.4, 0.5) is 0 Å². The Balaban J connectivity index is 0. The number of thiocarbonyl (C=S) groups is 1. The Hall–Kier alpha value is -2.30. The number of rotatable bonds is 8. The van der Waals surface area contributed by atoms with Gasteiger partial charge in [-0.3, -0.25) is 0 Å².